The number of para-hydroxylation sites is 1. The molecule has 0 amide bonds. The monoisotopic (exact) mass is 317 g/mol. The van der Waals surface area contributed by atoms with Crippen LogP contribution in [0.15, 0.2) is 36.4 Å². The molecule has 0 spiro atoms. The molecule has 0 bridgehead atoms. The minimum atomic E-state index is -4.49. The number of rotatable bonds is 3. The molecule has 0 radical (unpaired) electrons. The molecule has 1 N–H and O–H groups in total. The maximum Gasteiger partial charge on any atom is 0.418 e. The van der Waals surface area contributed by atoms with Crippen LogP contribution in [0.1, 0.15) is 16.7 Å². The fourth-order valence-corrected chi connectivity index (χ4v) is 2.22. The molecule has 0 aliphatic carbocycles. The predicted molar refractivity (Wildman–Crippen MR) is 74.9 cm³/mol. The van der Waals surface area contributed by atoms with E-state index in [0.717, 1.165) is 6.07 Å². The maximum atomic E-state index is 13.0. The van der Waals surface area contributed by atoms with Crippen LogP contribution in [0.2, 0.25) is 5.02 Å². The van der Waals surface area contributed by atoms with Gasteiger partial charge in [0.25, 0.3) is 0 Å². The zero-order valence-electron chi connectivity index (χ0n) is 11.1. The largest absolute Gasteiger partial charge is 0.418 e. The van der Waals surface area contributed by atoms with Gasteiger partial charge in [0.2, 0.25) is 0 Å². The first-order chi connectivity index (χ1) is 9.79. The van der Waals surface area contributed by atoms with Crippen molar-refractivity contribution in [1.29, 1.82) is 0 Å². The second kappa shape index (κ2) is 5.93. The van der Waals surface area contributed by atoms with Gasteiger partial charge in [0, 0.05) is 6.54 Å². The number of benzene rings is 2. The molecule has 2 aromatic carbocycles. The van der Waals surface area contributed by atoms with E-state index >= 15 is 0 Å². The Morgan fingerprint density at radius 3 is 2.48 bits per heavy atom. The molecule has 21 heavy (non-hydrogen) atoms. The second-order valence-electron chi connectivity index (χ2n) is 4.58. The lowest BCUT2D eigenvalue weighted by Crippen LogP contribution is -2.11. The van der Waals surface area contributed by atoms with Crippen molar-refractivity contribution in [3.8, 4) is 0 Å². The third kappa shape index (κ3) is 3.67. The summed E-state index contributed by atoms with van der Waals surface area (Å²) in [5, 5.41) is 2.68. The van der Waals surface area contributed by atoms with Crippen LogP contribution < -0.4 is 5.32 Å². The van der Waals surface area contributed by atoms with Crippen molar-refractivity contribution >= 4 is 17.3 Å². The van der Waals surface area contributed by atoms with Gasteiger partial charge in [-0.3, -0.25) is 0 Å². The van der Waals surface area contributed by atoms with E-state index in [-0.39, 0.29) is 23.1 Å². The molecule has 0 atom stereocenters. The molecule has 0 unspecified atom stereocenters. The van der Waals surface area contributed by atoms with Crippen molar-refractivity contribution in [1.82, 2.24) is 0 Å². The standard InChI is InChI=1S/C15H12ClF4N/c1-9-7-11(17)6-5-10(9)8-21-14-12(15(18,19)20)3-2-4-13(14)16/h2-7,21H,8H2,1H3. The lowest BCUT2D eigenvalue weighted by Gasteiger charge is -2.16. The highest BCUT2D eigenvalue weighted by Crippen LogP contribution is 2.38. The SMILES string of the molecule is Cc1cc(F)ccc1CNc1c(Cl)cccc1C(F)(F)F. The first kappa shape index (κ1) is 15.6. The number of aryl methyl sites for hydroxylation is 1. The summed E-state index contributed by atoms with van der Waals surface area (Å²) in [6.45, 7) is 1.82. The zero-order chi connectivity index (χ0) is 15.6. The van der Waals surface area contributed by atoms with Crippen molar-refractivity contribution in [2.24, 2.45) is 0 Å². The number of hydrogen-bond donors (Lipinski definition) is 1. The fraction of sp³-hybridized carbons (Fsp3) is 0.200. The number of hydrogen-bond acceptors (Lipinski definition) is 1. The molecule has 0 saturated heterocycles. The van der Waals surface area contributed by atoms with Crippen LogP contribution in [0.4, 0.5) is 23.2 Å². The van der Waals surface area contributed by atoms with Crippen molar-refractivity contribution in [2.75, 3.05) is 5.32 Å². The van der Waals surface area contributed by atoms with Crippen molar-refractivity contribution in [2.45, 2.75) is 19.6 Å². The van der Waals surface area contributed by atoms with Crippen molar-refractivity contribution in [3.63, 3.8) is 0 Å². The van der Waals surface area contributed by atoms with Crippen LogP contribution in [0.3, 0.4) is 0 Å². The minimum Gasteiger partial charge on any atom is -0.379 e. The lowest BCUT2D eigenvalue weighted by molar-refractivity contribution is -0.136. The predicted octanol–water partition coefficient (Wildman–Crippen LogP) is 5.42. The van der Waals surface area contributed by atoms with Gasteiger partial charge in [-0.2, -0.15) is 13.2 Å². The summed E-state index contributed by atoms with van der Waals surface area (Å²) >= 11 is 5.84. The summed E-state index contributed by atoms with van der Waals surface area (Å²) in [6.07, 6.45) is -4.49. The highest BCUT2D eigenvalue weighted by Gasteiger charge is 2.34. The minimum absolute atomic E-state index is 0.00964. The average Bonchev–Trinajstić information content (AvgIpc) is 2.37. The molecular formula is C15H12ClF4N. The van der Waals surface area contributed by atoms with Gasteiger partial charge in [0.05, 0.1) is 16.3 Å². The van der Waals surface area contributed by atoms with Crippen LogP contribution in [-0.2, 0) is 12.7 Å². The number of anilines is 1. The maximum absolute atomic E-state index is 13.0. The molecule has 0 aromatic heterocycles. The Morgan fingerprint density at radius 2 is 1.86 bits per heavy atom. The Bertz CT molecular complexity index is 653. The highest BCUT2D eigenvalue weighted by atomic mass is 35.5. The Morgan fingerprint density at radius 1 is 1.14 bits per heavy atom. The van der Waals surface area contributed by atoms with E-state index in [9.17, 15) is 17.6 Å². The summed E-state index contributed by atoms with van der Waals surface area (Å²) in [5.41, 5.74) is 0.359. The number of nitrogens with one attached hydrogen (secondary N) is 1. The quantitative estimate of drug-likeness (QED) is 0.745. The Kier molecular flexibility index (Phi) is 4.42. The van der Waals surface area contributed by atoms with Gasteiger partial charge in [0.15, 0.2) is 0 Å². The van der Waals surface area contributed by atoms with Gasteiger partial charge in [-0.15, -0.1) is 0 Å². The van der Waals surface area contributed by atoms with Crippen LogP contribution in [-0.4, -0.2) is 0 Å². The first-order valence-electron chi connectivity index (χ1n) is 6.13. The van der Waals surface area contributed by atoms with Gasteiger partial charge in [-0.05, 0) is 42.3 Å². The summed E-state index contributed by atoms with van der Waals surface area (Å²) in [4.78, 5) is 0. The Hall–Kier alpha value is -1.75. The summed E-state index contributed by atoms with van der Waals surface area (Å²) in [5.74, 6) is -0.384. The molecule has 0 heterocycles. The molecule has 0 aliphatic rings. The lowest BCUT2D eigenvalue weighted by atomic mass is 10.1. The molecule has 0 aliphatic heterocycles. The first-order valence-corrected chi connectivity index (χ1v) is 6.51. The smallest absolute Gasteiger partial charge is 0.379 e. The van der Waals surface area contributed by atoms with E-state index in [1.165, 1.54) is 30.3 Å². The molecule has 2 aromatic rings. The third-order valence-corrected chi connectivity index (χ3v) is 3.39. The van der Waals surface area contributed by atoms with E-state index in [2.05, 4.69) is 5.32 Å². The molecular weight excluding hydrogens is 306 g/mol. The van der Waals surface area contributed by atoms with Crippen LogP contribution in [0.25, 0.3) is 0 Å². The fourth-order valence-electron chi connectivity index (χ4n) is 1.98. The van der Waals surface area contributed by atoms with Gasteiger partial charge < -0.3 is 5.32 Å². The van der Waals surface area contributed by atoms with Crippen LogP contribution in [0, 0.1) is 12.7 Å². The summed E-state index contributed by atoms with van der Waals surface area (Å²) in [7, 11) is 0. The van der Waals surface area contributed by atoms with E-state index < -0.39 is 11.7 Å². The normalized spacial score (nSPS) is 11.5. The average molecular weight is 318 g/mol. The molecule has 1 nitrogen and oxygen atoms in total. The molecule has 2 rings (SSSR count). The van der Waals surface area contributed by atoms with Gasteiger partial charge >= 0.3 is 6.18 Å². The zero-order valence-corrected chi connectivity index (χ0v) is 11.8. The third-order valence-electron chi connectivity index (χ3n) is 3.08. The Labute approximate surface area is 124 Å². The van der Waals surface area contributed by atoms with Gasteiger partial charge in [-0.25, -0.2) is 4.39 Å². The summed E-state index contributed by atoms with van der Waals surface area (Å²) in [6, 6.07) is 7.72. The van der Waals surface area contributed by atoms with Crippen molar-refractivity contribution in [3.05, 3.63) is 63.9 Å². The van der Waals surface area contributed by atoms with E-state index in [0.29, 0.717) is 11.1 Å². The molecule has 0 fully saturated rings. The molecule has 0 saturated carbocycles. The van der Waals surface area contributed by atoms with Gasteiger partial charge in [-0.1, -0.05) is 23.7 Å². The van der Waals surface area contributed by atoms with E-state index in [4.69, 9.17) is 11.6 Å². The molecule has 6 heteroatoms. The van der Waals surface area contributed by atoms with E-state index in [1.807, 2.05) is 0 Å². The Balaban J connectivity index is 2.28. The number of alkyl halides is 3. The molecule has 112 valence electrons. The van der Waals surface area contributed by atoms with Crippen molar-refractivity contribution < 1.29 is 17.6 Å². The topological polar surface area (TPSA) is 12.0 Å². The van der Waals surface area contributed by atoms with Crippen LogP contribution in [0.5, 0.6) is 0 Å². The van der Waals surface area contributed by atoms with Gasteiger partial charge in [0.1, 0.15) is 5.82 Å². The van der Waals surface area contributed by atoms with E-state index in [1.54, 1.807) is 6.92 Å². The van der Waals surface area contributed by atoms with Crippen LogP contribution >= 0.6 is 11.6 Å². The second-order valence-corrected chi connectivity index (χ2v) is 4.99. The highest BCUT2D eigenvalue weighted by molar-refractivity contribution is 6.33. The number of halogens is 5. The summed E-state index contributed by atoms with van der Waals surface area (Å²) < 4.78 is 51.8.